The van der Waals surface area contributed by atoms with Crippen LogP contribution in [0.1, 0.15) is 102 Å². The monoisotopic (exact) mass is 542 g/mol. The fourth-order valence-electron chi connectivity index (χ4n) is 4.12. The van der Waals surface area contributed by atoms with Crippen LogP contribution in [0.15, 0.2) is 24.3 Å². The van der Waals surface area contributed by atoms with Gasteiger partial charge in [0.2, 0.25) is 0 Å². The SMILES string of the molecule is CCCCCCCCCCCCCCOc1ccc(CC(COP(O)OCCCC[NH2+]C)OC=O)cc1. The van der Waals surface area contributed by atoms with Crippen LogP contribution < -0.4 is 10.1 Å². The highest BCUT2D eigenvalue weighted by atomic mass is 31.2. The summed E-state index contributed by atoms with van der Waals surface area (Å²) in [5, 5.41) is 2.11. The smallest absolute Gasteiger partial charge is 0.329 e. The van der Waals surface area contributed by atoms with Crippen molar-refractivity contribution in [3.8, 4) is 5.75 Å². The molecule has 0 bridgehead atoms. The Morgan fingerprint density at radius 1 is 0.838 bits per heavy atom. The van der Waals surface area contributed by atoms with Crippen molar-refractivity contribution in [1.82, 2.24) is 0 Å². The summed E-state index contributed by atoms with van der Waals surface area (Å²) >= 11 is 0. The van der Waals surface area contributed by atoms with Crippen molar-refractivity contribution < 1.29 is 33.5 Å². The quantitative estimate of drug-likeness (QED) is 0.0796. The summed E-state index contributed by atoms with van der Waals surface area (Å²) < 4.78 is 21.7. The van der Waals surface area contributed by atoms with Gasteiger partial charge in [0.05, 0.1) is 33.4 Å². The first-order chi connectivity index (χ1) is 18.2. The van der Waals surface area contributed by atoms with Gasteiger partial charge in [-0.1, -0.05) is 89.7 Å². The van der Waals surface area contributed by atoms with Gasteiger partial charge in [0, 0.05) is 6.42 Å². The van der Waals surface area contributed by atoms with E-state index < -0.39 is 14.7 Å². The largest absolute Gasteiger partial charge is 0.494 e. The molecular formula is C29H53NO6P+. The molecule has 8 heteroatoms. The fourth-order valence-corrected chi connectivity index (χ4v) is 4.77. The second kappa shape index (κ2) is 25.1. The molecule has 0 spiro atoms. The van der Waals surface area contributed by atoms with Gasteiger partial charge >= 0.3 is 8.60 Å². The van der Waals surface area contributed by atoms with Gasteiger partial charge in [-0.25, -0.2) is 0 Å². The van der Waals surface area contributed by atoms with Crippen LogP contribution in [0.2, 0.25) is 0 Å². The Hall–Kier alpha value is -1.24. The van der Waals surface area contributed by atoms with Crippen LogP contribution in [0.3, 0.4) is 0 Å². The van der Waals surface area contributed by atoms with E-state index in [2.05, 4.69) is 12.2 Å². The standard InChI is InChI=1S/C29H52NO6P/c1-3-4-5-6-7-8-9-10-11-12-13-15-22-33-28-19-17-27(18-20-28)24-29(34-26-31)25-36-37(32)35-23-16-14-21-30-2/h17-20,26,29-30,32H,3-16,21-25H2,1-2H3/p+1. The van der Waals surface area contributed by atoms with Crippen LogP contribution in [0, 0.1) is 0 Å². The summed E-state index contributed by atoms with van der Waals surface area (Å²) in [6.45, 7) is 4.99. The first-order valence-corrected chi connectivity index (χ1v) is 15.7. The average Bonchev–Trinajstić information content (AvgIpc) is 2.91. The minimum Gasteiger partial charge on any atom is -0.494 e. The number of ether oxygens (including phenoxy) is 2. The molecule has 7 nitrogen and oxygen atoms in total. The van der Waals surface area contributed by atoms with E-state index >= 15 is 0 Å². The van der Waals surface area contributed by atoms with Crippen molar-refractivity contribution in [2.24, 2.45) is 0 Å². The van der Waals surface area contributed by atoms with Crippen LogP contribution in [-0.4, -0.2) is 50.9 Å². The van der Waals surface area contributed by atoms with Gasteiger partial charge < -0.3 is 28.7 Å². The Kier molecular flexibility index (Phi) is 22.9. The fraction of sp³-hybridized carbons (Fsp3) is 0.759. The number of quaternary nitrogens is 1. The van der Waals surface area contributed by atoms with Crippen molar-refractivity contribution in [1.29, 1.82) is 0 Å². The molecule has 0 fully saturated rings. The van der Waals surface area contributed by atoms with Gasteiger partial charge in [-0.05, 0) is 37.0 Å². The molecule has 214 valence electrons. The lowest BCUT2D eigenvalue weighted by Crippen LogP contribution is -2.79. The van der Waals surface area contributed by atoms with E-state index in [0.29, 0.717) is 19.5 Å². The molecule has 2 atom stereocenters. The molecule has 0 saturated heterocycles. The predicted octanol–water partition coefficient (Wildman–Crippen LogP) is 6.08. The van der Waals surface area contributed by atoms with Gasteiger partial charge in [-0.3, -0.25) is 4.79 Å². The first-order valence-electron chi connectivity index (χ1n) is 14.5. The van der Waals surface area contributed by atoms with Gasteiger partial charge in [0.15, 0.2) is 0 Å². The Labute approximate surface area is 227 Å². The van der Waals surface area contributed by atoms with E-state index in [4.69, 9.17) is 18.5 Å². The van der Waals surface area contributed by atoms with Crippen LogP contribution in [-0.2, 0) is 25.0 Å². The Balaban J connectivity index is 2.13. The van der Waals surface area contributed by atoms with Crippen LogP contribution in [0.5, 0.6) is 5.75 Å². The van der Waals surface area contributed by atoms with E-state index in [1.165, 1.54) is 70.6 Å². The van der Waals surface area contributed by atoms with E-state index in [9.17, 15) is 9.69 Å². The lowest BCUT2D eigenvalue weighted by molar-refractivity contribution is -0.627. The third-order valence-electron chi connectivity index (χ3n) is 6.36. The van der Waals surface area contributed by atoms with Gasteiger partial charge in [-0.2, -0.15) is 0 Å². The van der Waals surface area contributed by atoms with E-state index in [1.807, 2.05) is 31.3 Å². The van der Waals surface area contributed by atoms with E-state index in [1.54, 1.807) is 0 Å². The van der Waals surface area contributed by atoms with Gasteiger partial charge in [0.1, 0.15) is 11.9 Å². The summed E-state index contributed by atoms with van der Waals surface area (Å²) in [5.41, 5.74) is 1.01. The van der Waals surface area contributed by atoms with Crippen LogP contribution in [0.25, 0.3) is 0 Å². The Morgan fingerprint density at radius 2 is 1.43 bits per heavy atom. The lowest BCUT2D eigenvalue weighted by atomic mass is 10.1. The molecule has 2 unspecified atom stereocenters. The summed E-state index contributed by atoms with van der Waals surface area (Å²) in [5.74, 6) is 0.851. The molecule has 1 aromatic rings. The molecule has 0 saturated carbocycles. The molecule has 0 heterocycles. The summed E-state index contributed by atoms with van der Waals surface area (Å²) in [6, 6.07) is 7.85. The number of carbonyl (C=O) groups excluding carboxylic acids is 1. The van der Waals surface area contributed by atoms with Crippen LogP contribution >= 0.6 is 8.60 Å². The number of nitrogens with two attached hydrogens (primary N) is 1. The molecule has 0 amide bonds. The Bertz CT molecular complexity index is 633. The summed E-state index contributed by atoms with van der Waals surface area (Å²) in [6.07, 6.45) is 17.9. The first kappa shape index (κ1) is 33.8. The Morgan fingerprint density at radius 3 is 2.03 bits per heavy atom. The number of benzene rings is 1. The second-order valence-corrected chi connectivity index (χ2v) is 10.7. The van der Waals surface area contributed by atoms with Gasteiger partial charge in [-0.15, -0.1) is 0 Å². The van der Waals surface area contributed by atoms with E-state index in [0.717, 1.165) is 43.7 Å². The summed E-state index contributed by atoms with van der Waals surface area (Å²) in [7, 11) is 0.0554. The van der Waals surface area contributed by atoms with Crippen LogP contribution in [0.4, 0.5) is 0 Å². The maximum atomic E-state index is 10.9. The highest BCUT2D eigenvalue weighted by Gasteiger charge is 2.15. The molecule has 0 radical (unpaired) electrons. The third-order valence-corrected chi connectivity index (χ3v) is 7.13. The zero-order valence-corrected chi connectivity index (χ0v) is 24.3. The van der Waals surface area contributed by atoms with Crippen molar-refractivity contribution in [2.75, 3.05) is 33.4 Å². The maximum Gasteiger partial charge on any atom is 0.329 e. The number of unbranched alkanes of at least 4 members (excludes halogenated alkanes) is 12. The highest BCUT2D eigenvalue weighted by Crippen LogP contribution is 2.33. The van der Waals surface area contributed by atoms with Crippen molar-refractivity contribution in [2.45, 2.75) is 109 Å². The number of carbonyl (C=O) groups is 1. The molecule has 0 aliphatic rings. The topological polar surface area (TPSA) is 90.8 Å². The normalized spacial score (nSPS) is 12.8. The predicted molar refractivity (Wildman–Crippen MR) is 151 cm³/mol. The lowest BCUT2D eigenvalue weighted by Gasteiger charge is -2.17. The molecule has 0 aliphatic carbocycles. The number of rotatable bonds is 27. The summed E-state index contributed by atoms with van der Waals surface area (Å²) in [4.78, 5) is 20.8. The highest BCUT2D eigenvalue weighted by molar-refractivity contribution is 7.40. The molecule has 1 rings (SSSR count). The molecule has 3 N–H and O–H groups in total. The molecule has 0 aromatic heterocycles. The van der Waals surface area contributed by atoms with Crippen molar-refractivity contribution >= 4 is 15.1 Å². The minimum absolute atomic E-state index is 0.0842. The molecule has 1 aromatic carbocycles. The number of hydrogen-bond acceptors (Lipinski definition) is 6. The van der Waals surface area contributed by atoms with Crippen molar-refractivity contribution in [3.05, 3.63) is 29.8 Å². The van der Waals surface area contributed by atoms with E-state index in [-0.39, 0.29) is 6.61 Å². The zero-order valence-electron chi connectivity index (χ0n) is 23.4. The van der Waals surface area contributed by atoms with Gasteiger partial charge in [0.25, 0.3) is 6.47 Å². The maximum absolute atomic E-state index is 10.9. The molecule has 37 heavy (non-hydrogen) atoms. The molecule has 0 aliphatic heterocycles. The average molecular weight is 543 g/mol. The zero-order chi connectivity index (χ0) is 26.8. The third kappa shape index (κ3) is 20.4. The minimum atomic E-state index is -1.97. The van der Waals surface area contributed by atoms with Crippen molar-refractivity contribution in [3.63, 3.8) is 0 Å². The molecular weight excluding hydrogens is 489 g/mol. The second-order valence-electron chi connectivity index (χ2n) is 9.71. The number of hydrogen-bond donors (Lipinski definition) is 2.